The van der Waals surface area contributed by atoms with Gasteiger partial charge in [0.25, 0.3) is 5.91 Å². The minimum atomic E-state index is -0.0581. The molecule has 1 aliphatic heterocycles. The highest BCUT2D eigenvalue weighted by atomic mass is 16.5. The maximum Gasteiger partial charge on any atom is 0.260 e. The van der Waals surface area contributed by atoms with E-state index in [4.69, 9.17) is 10.00 Å². The fraction of sp³-hybridized carbons (Fsp3) is 0.500. The summed E-state index contributed by atoms with van der Waals surface area (Å²) >= 11 is 0. The molecule has 1 heterocycles. The number of likely N-dealkylation sites (N-methyl/N-ethyl adjacent to an activating group) is 1. The lowest BCUT2D eigenvalue weighted by Gasteiger charge is -2.21. The molecule has 0 spiro atoms. The average Bonchev–Trinajstić information content (AvgIpc) is 2.90. The van der Waals surface area contributed by atoms with Gasteiger partial charge in [0, 0.05) is 20.1 Å². The summed E-state index contributed by atoms with van der Waals surface area (Å²) < 4.78 is 5.47. The van der Waals surface area contributed by atoms with Gasteiger partial charge in [0.1, 0.15) is 11.8 Å². The number of carbonyl (C=O) groups excluding carboxylic acids is 1. The first-order valence-corrected chi connectivity index (χ1v) is 7.14. The van der Waals surface area contributed by atoms with Crippen molar-refractivity contribution in [2.45, 2.75) is 6.42 Å². The summed E-state index contributed by atoms with van der Waals surface area (Å²) in [5.41, 5.74) is 0.449. The zero-order chi connectivity index (χ0) is 15.2. The first-order chi connectivity index (χ1) is 10.1. The van der Waals surface area contributed by atoms with E-state index >= 15 is 0 Å². The van der Waals surface area contributed by atoms with Crippen LogP contribution in [0.1, 0.15) is 12.0 Å². The molecule has 0 aliphatic carbocycles. The summed E-state index contributed by atoms with van der Waals surface area (Å²) in [7, 11) is 3.91. The highest BCUT2D eigenvalue weighted by Crippen LogP contribution is 2.17. The van der Waals surface area contributed by atoms with Crippen molar-refractivity contribution in [2.24, 2.45) is 5.92 Å². The van der Waals surface area contributed by atoms with Crippen molar-refractivity contribution < 1.29 is 9.53 Å². The Bertz CT molecular complexity index is 539. The van der Waals surface area contributed by atoms with Gasteiger partial charge in [-0.1, -0.05) is 12.1 Å². The van der Waals surface area contributed by atoms with E-state index in [0.717, 1.165) is 26.1 Å². The Labute approximate surface area is 125 Å². The second-order valence-corrected chi connectivity index (χ2v) is 5.59. The van der Waals surface area contributed by atoms with Crippen LogP contribution >= 0.6 is 0 Å². The molecule has 1 aliphatic rings. The Hall–Kier alpha value is -2.06. The molecule has 0 bridgehead atoms. The number of benzene rings is 1. The molecule has 1 unspecified atom stereocenters. The third-order valence-corrected chi connectivity index (χ3v) is 3.81. The number of carbonyl (C=O) groups is 1. The minimum Gasteiger partial charge on any atom is -0.482 e. The first-order valence-electron chi connectivity index (χ1n) is 7.14. The highest BCUT2D eigenvalue weighted by molar-refractivity contribution is 5.77. The van der Waals surface area contributed by atoms with E-state index in [9.17, 15) is 4.79 Å². The summed E-state index contributed by atoms with van der Waals surface area (Å²) in [4.78, 5) is 16.1. The Morgan fingerprint density at radius 1 is 1.52 bits per heavy atom. The average molecular weight is 287 g/mol. The SMILES string of the molecule is CN1CCC(CN(C)C(=O)COc2ccccc2C#N)C1. The molecule has 2 rings (SSSR count). The second kappa shape index (κ2) is 7.09. The maximum atomic E-state index is 12.1. The quantitative estimate of drug-likeness (QED) is 0.820. The van der Waals surface area contributed by atoms with Crippen molar-refractivity contribution in [3.63, 3.8) is 0 Å². The molecular formula is C16H21N3O2. The van der Waals surface area contributed by atoms with E-state index < -0.39 is 0 Å². The van der Waals surface area contributed by atoms with Gasteiger partial charge in [-0.05, 0) is 38.1 Å². The molecule has 0 saturated carbocycles. The van der Waals surface area contributed by atoms with Gasteiger partial charge in [-0.2, -0.15) is 5.26 Å². The van der Waals surface area contributed by atoms with Gasteiger partial charge in [0.2, 0.25) is 0 Å². The van der Waals surface area contributed by atoms with E-state index in [1.807, 2.05) is 0 Å². The number of hydrogen-bond donors (Lipinski definition) is 0. The smallest absolute Gasteiger partial charge is 0.260 e. The van der Waals surface area contributed by atoms with Crippen LogP contribution in [-0.4, -0.2) is 56.0 Å². The summed E-state index contributed by atoms with van der Waals surface area (Å²) in [6.07, 6.45) is 1.13. The van der Waals surface area contributed by atoms with Crippen LogP contribution < -0.4 is 4.74 Å². The lowest BCUT2D eigenvalue weighted by Crippen LogP contribution is -2.36. The molecule has 1 atom stereocenters. The van der Waals surface area contributed by atoms with Crippen LogP contribution in [0, 0.1) is 17.2 Å². The Balaban J connectivity index is 1.82. The number of para-hydroxylation sites is 1. The zero-order valence-electron chi connectivity index (χ0n) is 12.6. The van der Waals surface area contributed by atoms with Crippen LogP contribution in [0.3, 0.4) is 0 Å². The Morgan fingerprint density at radius 3 is 2.95 bits per heavy atom. The largest absolute Gasteiger partial charge is 0.482 e. The standard InChI is InChI=1S/C16H21N3O2/c1-18-8-7-13(10-18)11-19(2)16(20)12-21-15-6-4-3-5-14(15)9-17/h3-6,13H,7-8,10-12H2,1-2H3. The molecule has 0 radical (unpaired) electrons. The number of nitrogens with zero attached hydrogens (tertiary/aromatic N) is 3. The number of hydrogen-bond acceptors (Lipinski definition) is 4. The fourth-order valence-electron chi connectivity index (χ4n) is 2.60. The molecule has 0 aromatic heterocycles. The molecule has 1 aromatic carbocycles. The van der Waals surface area contributed by atoms with E-state index in [1.165, 1.54) is 0 Å². The van der Waals surface area contributed by atoms with Gasteiger partial charge < -0.3 is 14.5 Å². The van der Waals surface area contributed by atoms with Crippen LogP contribution in [-0.2, 0) is 4.79 Å². The summed E-state index contributed by atoms with van der Waals surface area (Å²) in [6, 6.07) is 9.01. The summed E-state index contributed by atoms with van der Waals surface area (Å²) in [5.74, 6) is 0.940. The number of amides is 1. The van der Waals surface area contributed by atoms with Crippen molar-refractivity contribution in [1.82, 2.24) is 9.80 Å². The van der Waals surface area contributed by atoms with E-state index in [0.29, 0.717) is 17.2 Å². The predicted octanol–water partition coefficient (Wildman–Crippen LogP) is 1.35. The fourth-order valence-corrected chi connectivity index (χ4v) is 2.60. The van der Waals surface area contributed by atoms with Gasteiger partial charge in [0.15, 0.2) is 6.61 Å². The Morgan fingerprint density at radius 2 is 2.29 bits per heavy atom. The maximum absolute atomic E-state index is 12.1. The van der Waals surface area contributed by atoms with Gasteiger partial charge in [-0.3, -0.25) is 4.79 Å². The van der Waals surface area contributed by atoms with Crippen LogP contribution in [0.15, 0.2) is 24.3 Å². The van der Waals surface area contributed by atoms with Gasteiger partial charge in [-0.15, -0.1) is 0 Å². The van der Waals surface area contributed by atoms with Crippen molar-refractivity contribution in [3.05, 3.63) is 29.8 Å². The molecule has 5 nitrogen and oxygen atoms in total. The van der Waals surface area contributed by atoms with E-state index in [1.54, 1.807) is 36.2 Å². The lowest BCUT2D eigenvalue weighted by atomic mass is 10.1. The van der Waals surface area contributed by atoms with Crippen LogP contribution in [0.5, 0.6) is 5.75 Å². The van der Waals surface area contributed by atoms with E-state index in [-0.39, 0.29) is 12.5 Å². The Kier molecular flexibility index (Phi) is 5.18. The van der Waals surface area contributed by atoms with Crippen LogP contribution in [0.4, 0.5) is 0 Å². The second-order valence-electron chi connectivity index (χ2n) is 5.59. The molecular weight excluding hydrogens is 266 g/mol. The lowest BCUT2D eigenvalue weighted by molar-refractivity contribution is -0.132. The van der Waals surface area contributed by atoms with Crippen molar-refractivity contribution in [1.29, 1.82) is 5.26 Å². The normalized spacial score (nSPS) is 18.2. The van der Waals surface area contributed by atoms with Gasteiger partial charge >= 0.3 is 0 Å². The zero-order valence-corrected chi connectivity index (χ0v) is 12.6. The molecule has 1 saturated heterocycles. The van der Waals surface area contributed by atoms with Crippen molar-refractivity contribution >= 4 is 5.91 Å². The monoisotopic (exact) mass is 287 g/mol. The van der Waals surface area contributed by atoms with Gasteiger partial charge in [0.05, 0.1) is 5.56 Å². The van der Waals surface area contributed by atoms with Crippen molar-refractivity contribution in [3.8, 4) is 11.8 Å². The molecule has 1 amide bonds. The molecule has 1 aromatic rings. The molecule has 5 heteroatoms. The van der Waals surface area contributed by atoms with Crippen LogP contribution in [0.25, 0.3) is 0 Å². The predicted molar refractivity (Wildman–Crippen MR) is 79.9 cm³/mol. The first kappa shape index (κ1) is 15.3. The van der Waals surface area contributed by atoms with Crippen LogP contribution in [0.2, 0.25) is 0 Å². The number of rotatable bonds is 5. The third-order valence-electron chi connectivity index (χ3n) is 3.81. The molecule has 21 heavy (non-hydrogen) atoms. The minimum absolute atomic E-state index is 0.0300. The number of nitriles is 1. The molecule has 0 N–H and O–H groups in total. The third kappa shape index (κ3) is 4.20. The number of likely N-dealkylation sites (tertiary alicyclic amines) is 1. The van der Waals surface area contributed by atoms with Crippen molar-refractivity contribution in [2.75, 3.05) is 40.3 Å². The topological polar surface area (TPSA) is 56.6 Å². The molecule has 1 fully saturated rings. The van der Waals surface area contributed by atoms with Gasteiger partial charge in [-0.25, -0.2) is 0 Å². The number of ether oxygens (including phenoxy) is 1. The van der Waals surface area contributed by atoms with E-state index in [2.05, 4.69) is 18.0 Å². The molecule has 112 valence electrons. The summed E-state index contributed by atoms with van der Waals surface area (Å²) in [5, 5.41) is 8.98. The summed E-state index contributed by atoms with van der Waals surface area (Å²) in [6.45, 7) is 2.86. The highest BCUT2D eigenvalue weighted by Gasteiger charge is 2.22.